The van der Waals surface area contributed by atoms with Crippen LogP contribution in [0.2, 0.25) is 0 Å². The third-order valence-electron chi connectivity index (χ3n) is 19.2. The van der Waals surface area contributed by atoms with Gasteiger partial charge in [-0.1, -0.05) is 228 Å². The second-order valence-corrected chi connectivity index (χ2v) is 28.1. The van der Waals surface area contributed by atoms with E-state index in [4.69, 9.17) is 13.9 Å². The van der Waals surface area contributed by atoms with E-state index in [-0.39, 0.29) is 28.5 Å². The van der Waals surface area contributed by atoms with Crippen molar-refractivity contribution in [2.24, 2.45) is 0 Å². The zero-order chi connectivity index (χ0) is 59.2. The van der Waals surface area contributed by atoms with Gasteiger partial charge in [0.25, 0.3) is 0 Å². The standard InChI is InChI=1S/C83H72O3/c1-79(2,3)61-28-22-50(23-29-61)55-38-56-40-58(39-55)53-16-14-18-65(44-53)83(70-36-37-74-78(68-20-12-13-21-73(68)86-74)77(70)69-47-75-76(48-72(69)83)85-49-84-75)66-19-15-17-54(45-66)59-41-57(51-24-30-62(31-25-51)80(4,5)6)42-60(43-59)67-35-34-64(81(7,8)9)46-71(67)82(10,11)63-32-26-52(56)27-33-63/h12-48H,49H2,1-11H3. The first-order valence-corrected chi connectivity index (χ1v) is 30.6. The van der Waals surface area contributed by atoms with Crippen molar-refractivity contribution in [1.29, 1.82) is 0 Å². The van der Waals surface area contributed by atoms with E-state index in [1.807, 2.05) is 0 Å². The Labute approximate surface area is 507 Å². The highest BCUT2D eigenvalue weighted by Gasteiger charge is 2.49. The molecule has 10 bridgehead atoms. The number of hydrogen-bond acceptors (Lipinski definition) is 3. The molecule has 1 unspecified atom stereocenters. The molecule has 1 aliphatic heterocycles. The van der Waals surface area contributed by atoms with E-state index in [2.05, 4.69) is 301 Å². The molecule has 0 fully saturated rings. The van der Waals surface area contributed by atoms with Crippen molar-refractivity contribution >= 4 is 21.9 Å². The number of hydrogen-bond donors (Lipinski definition) is 0. The molecule has 4 aliphatic rings. The average Bonchev–Trinajstić information content (AvgIpc) is 1.51. The molecule has 16 rings (SSSR count). The largest absolute Gasteiger partial charge is 0.456 e. The molecule has 0 radical (unpaired) electrons. The minimum absolute atomic E-state index is 0.0198. The van der Waals surface area contributed by atoms with Crippen LogP contribution >= 0.6 is 0 Å². The third kappa shape index (κ3) is 8.59. The molecule has 0 saturated heterocycles. The monoisotopic (exact) mass is 1120 g/mol. The zero-order valence-electron chi connectivity index (χ0n) is 51.3. The van der Waals surface area contributed by atoms with Crippen LogP contribution in [0.5, 0.6) is 11.5 Å². The highest BCUT2D eigenvalue weighted by molar-refractivity contribution is 6.16. The van der Waals surface area contributed by atoms with Gasteiger partial charge in [0.05, 0.1) is 5.41 Å². The predicted molar refractivity (Wildman–Crippen MR) is 358 cm³/mol. The first kappa shape index (κ1) is 53.5. The van der Waals surface area contributed by atoms with Gasteiger partial charge >= 0.3 is 0 Å². The normalized spacial score (nSPS) is 15.7. The highest BCUT2D eigenvalue weighted by Crippen LogP contribution is 2.62. The first-order valence-electron chi connectivity index (χ1n) is 30.6. The Morgan fingerprint density at radius 3 is 1.36 bits per heavy atom. The van der Waals surface area contributed by atoms with Crippen LogP contribution in [0.25, 0.3) is 99.8 Å². The van der Waals surface area contributed by atoms with Crippen molar-refractivity contribution in [1.82, 2.24) is 0 Å². The second kappa shape index (κ2) is 19.2. The predicted octanol–water partition coefficient (Wildman–Crippen LogP) is 22.2. The molecule has 11 aromatic carbocycles. The lowest BCUT2D eigenvalue weighted by atomic mass is 9.66. The maximum absolute atomic E-state index is 6.75. The zero-order valence-corrected chi connectivity index (χ0v) is 51.3. The number of benzene rings is 11. The van der Waals surface area contributed by atoms with E-state index in [1.165, 1.54) is 72.3 Å². The minimum Gasteiger partial charge on any atom is -0.456 e. The summed E-state index contributed by atoms with van der Waals surface area (Å²) in [6.07, 6.45) is 0. The van der Waals surface area contributed by atoms with E-state index in [9.17, 15) is 0 Å². The minimum atomic E-state index is -0.854. The molecule has 3 heteroatoms. The fourth-order valence-electron chi connectivity index (χ4n) is 14.2. The molecule has 0 amide bonds. The van der Waals surface area contributed by atoms with Gasteiger partial charge in [-0.25, -0.2) is 0 Å². The van der Waals surface area contributed by atoms with Gasteiger partial charge in [0.15, 0.2) is 11.5 Å². The molecule has 0 saturated carbocycles. The maximum Gasteiger partial charge on any atom is 0.231 e. The van der Waals surface area contributed by atoms with Crippen LogP contribution < -0.4 is 9.47 Å². The molecule has 12 aromatic rings. The van der Waals surface area contributed by atoms with Crippen LogP contribution in [0.4, 0.5) is 0 Å². The van der Waals surface area contributed by atoms with Crippen LogP contribution in [-0.2, 0) is 27.1 Å². The van der Waals surface area contributed by atoms with Gasteiger partial charge in [0.1, 0.15) is 11.2 Å². The van der Waals surface area contributed by atoms with E-state index in [0.717, 1.165) is 89.1 Å². The van der Waals surface area contributed by atoms with E-state index >= 15 is 0 Å². The fourth-order valence-corrected chi connectivity index (χ4v) is 14.2. The summed E-state index contributed by atoms with van der Waals surface area (Å²) < 4.78 is 19.4. The van der Waals surface area contributed by atoms with E-state index < -0.39 is 5.41 Å². The van der Waals surface area contributed by atoms with Gasteiger partial charge in [-0.3, -0.25) is 0 Å². The molecule has 1 aromatic heterocycles. The Morgan fingerprint density at radius 2 is 0.814 bits per heavy atom. The van der Waals surface area contributed by atoms with Gasteiger partial charge in [-0.05, 0) is 217 Å². The molecule has 3 aliphatic carbocycles. The molecule has 0 N–H and O–H groups in total. The molecule has 1 spiro atoms. The highest BCUT2D eigenvalue weighted by atomic mass is 16.7. The molecule has 2 heterocycles. The van der Waals surface area contributed by atoms with E-state index in [0.29, 0.717) is 0 Å². The van der Waals surface area contributed by atoms with Crippen molar-refractivity contribution in [3.63, 3.8) is 0 Å². The van der Waals surface area contributed by atoms with E-state index in [1.54, 1.807) is 0 Å². The lowest BCUT2D eigenvalue weighted by Crippen LogP contribution is -2.28. The fraction of sp³-hybridized carbons (Fsp3) is 0.205. The van der Waals surface area contributed by atoms with Gasteiger partial charge in [-0.15, -0.1) is 0 Å². The Hall–Kier alpha value is -9.18. The number of para-hydroxylation sites is 1. The SMILES string of the molecule is CC(C)(C)c1ccc(-c2cc3cc(c2)-c2cccc(c2)C2(c4cccc(c4)-c4cc(-c5ccc(C(C)(C)C)cc5)cc(c4)-c4ccc(C(C)(C)C)cc4C(C)(C)c4ccc-3cc4)c3cc4c(cc3-c3c2ccc2oc5ccccc5c32)OCO4)cc1. The Bertz CT molecular complexity index is 4720. The summed E-state index contributed by atoms with van der Waals surface area (Å²) >= 11 is 0. The van der Waals surface area contributed by atoms with Gasteiger partial charge in [0.2, 0.25) is 6.79 Å². The molecule has 3 nitrogen and oxygen atoms in total. The lowest BCUT2D eigenvalue weighted by molar-refractivity contribution is 0.174. The molecule has 1 atom stereocenters. The average molecular weight is 1120 g/mol. The van der Waals surface area contributed by atoms with Crippen molar-refractivity contribution in [2.75, 3.05) is 6.79 Å². The first-order chi connectivity index (χ1) is 41.2. The summed E-state index contributed by atoms with van der Waals surface area (Å²) in [4.78, 5) is 0. The van der Waals surface area contributed by atoms with Crippen LogP contribution in [0, 0.1) is 0 Å². The van der Waals surface area contributed by atoms with Crippen LogP contribution in [0.1, 0.15) is 126 Å². The van der Waals surface area contributed by atoms with Crippen molar-refractivity contribution in [3.8, 4) is 89.4 Å². The number of furan rings is 1. The quantitative estimate of drug-likeness (QED) is 0.173. The van der Waals surface area contributed by atoms with Gasteiger partial charge in [-0.2, -0.15) is 0 Å². The number of rotatable bonds is 2. The summed E-state index contributed by atoms with van der Waals surface area (Å²) in [5.41, 5.74) is 27.8. The van der Waals surface area contributed by atoms with Crippen LogP contribution in [0.15, 0.2) is 229 Å². The summed E-state index contributed by atoms with van der Waals surface area (Å²) in [6.45, 7) is 25.7. The maximum atomic E-state index is 6.75. The lowest BCUT2D eigenvalue weighted by Gasteiger charge is -2.34. The summed E-state index contributed by atoms with van der Waals surface area (Å²) in [5.74, 6) is 1.49. The van der Waals surface area contributed by atoms with Crippen molar-refractivity contribution < 1.29 is 13.9 Å². The Balaban J connectivity index is 1.06. The number of ether oxygens (including phenoxy) is 2. The molecule has 422 valence electrons. The van der Waals surface area contributed by atoms with Crippen molar-refractivity contribution in [3.05, 3.63) is 275 Å². The van der Waals surface area contributed by atoms with Crippen molar-refractivity contribution in [2.45, 2.75) is 103 Å². The molecular formula is C83H72O3. The van der Waals surface area contributed by atoms with Crippen LogP contribution in [-0.4, -0.2) is 6.79 Å². The third-order valence-corrected chi connectivity index (χ3v) is 19.2. The molecular weight excluding hydrogens is 1040 g/mol. The topological polar surface area (TPSA) is 31.6 Å². The Kier molecular flexibility index (Phi) is 11.9. The Morgan fingerprint density at radius 1 is 0.326 bits per heavy atom. The summed E-state index contributed by atoms with van der Waals surface area (Å²) in [7, 11) is 0. The van der Waals surface area contributed by atoms with Gasteiger partial charge < -0.3 is 13.9 Å². The number of fused-ring (bicyclic) bond motifs is 10. The smallest absolute Gasteiger partial charge is 0.231 e. The summed E-state index contributed by atoms with van der Waals surface area (Å²) in [6, 6.07) is 86.0. The second-order valence-electron chi connectivity index (χ2n) is 28.1. The van der Waals surface area contributed by atoms with Gasteiger partial charge in [0, 0.05) is 16.2 Å². The molecule has 86 heavy (non-hydrogen) atoms. The summed E-state index contributed by atoms with van der Waals surface area (Å²) in [5, 5.41) is 2.18. The van der Waals surface area contributed by atoms with Crippen LogP contribution in [0.3, 0.4) is 0 Å².